The molecule has 0 radical (unpaired) electrons. The molecular formula is C22H15ClN2OS2. The highest BCUT2D eigenvalue weighted by atomic mass is 35.5. The van der Waals surface area contributed by atoms with E-state index in [0.29, 0.717) is 15.1 Å². The molecule has 1 amide bonds. The molecule has 1 heterocycles. The van der Waals surface area contributed by atoms with Gasteiger partial charge in [0.05, 0.1) is 10.6 Å². The van der Waals surface area contributed by atoms with Gasteiger partial charge in [0.1, 0.15) is 0 Å². The monoisotopic (exact) mass is 422 g/mol. The number of thioether (sulfide) groups is 1. The second kappa shape index (κ2) is 8.69. The van der Waals surface area contributed by atoms with Gasteiger partial charge in [0.15, 0.2) is 5.17 Å². The van der Waals surface area contributed by atoms with Crippen molar-refractivity contribution in [3.05, 3.63) is 94.4 Å². The standard InChI is InChI=1S/C22H15ClN2OS2/c23-16-10-12-18(13-11-16)27-19-9-5-4-6-15(19)14-20-21(26)25-22(28-20)24-17-7-2-1-3-8-17/h1-14H,(H,24,25,26)/b20-14+. The smallest absolute Gasteiger partial charge is 0.264 e. The molecule has 1 aliphatic heterocycles. The van der Waals surface area contributed by atoms with Gasteiger partial charge in [-0.2, -0.15) is 0 Å². The fourth-order valence-electron chi connectivity index (χ4n) is 2.56. The summed E-state index contributed by atoms with van der Waals surface area (Å²) in [6.07, 6.45) is 1.91. The molecule has 0 saturated carbocycles. The Balaban J connectivity index is 1.58. The summed E-state index contributed by atoms with van der Waals surface area (Å²) in [5.41, 5.74) is 1.80. The van der Waals surface area contributed by atoms with Gasteiger partial charge in [-0.15, -0.1) is 0 Å². The summed E-state index contributed by atoms with van der Waals surface area (Å²) in [6, 6.07) is 25.3. The number of benzene rings is 3. The number of nitrogens with zero attached hydrogens (tertiary/aromatic N) is 1. The number of aliphatic imine (C=N–C) groups is 1. The lowest BCUT2D eigenvalue weighted by Crippen LogP contribution is -2.19. The van der Waals surface area contributed by atoms with Crippen molar-refractivity contribution in [1.29, 1.82) is 0 Å². The number of amidine groups is 1. The topological polar surface area (TPSA) is 41.5 Å². The van der Waals surface area contributed by atoms with E-state index in [0.717, 1.165) is 21.0 Å². The number of hydrogen-bond acceptors (Lipinski definition) is 4. The Hall–Kier alpha value is -2.47. The maximum atomic E-state index is 12.4. The van der Waals surface area contributed by atoms with Gasteiger partial charge < -0.3 is 5.32 Å². The minimum Gasteiger partial charge on any atom is -0.300 e. The molecule has 0 aliphatic carbocycles. The van der Waals surface area contributed by atoms with Gasteiger partial charge in [-0.25, -0.2) is 4.99 Å². The SMILES string of the molecule is O=C1NC(=Nc2ccccc2)S/C1=C/c1ccccc1Sc1ccc(Cl)cc1. The molecule has 4 rings (SSSR count). The normalized spacial score (nSPS) is 16.5. The lowest BCUT2D eigenvalue weighted by molar-refractivity contribution is -0.115. The highest BCUT2D eigenvalue weighted by Gasteiger charge is 2.24. The first-order valence-electron chi connectivity index (χ1n) is 8.54. The zero-order chi connectivity index (χ0) is 19.3. The van der Waals surface area contributed by atoms with Crippen LogP contribution >= 0.6 is 35.1 Å². The Labute approximate surface area is 176 Å². The number of amides is 1. The average Bonchev–Trinajstić information content (AvgIpc) is 3.05. The van der Waals surface area contributed by atoms with Crippen LogP contribution in [-0.4, -0.2) is 11.1 Å². The molecule has 1 aliphatic rings. The Morgan fingerprint density at radius 1 is 0.929 bits per heavy atom. The van der Waals surface area contributed by atoms with Crippen LogP contribution in [0.5, 0.6) is 0 Å². The Bertz CT molecular complexity index is 1060. The van der Waals surface area contributed by atoms with Gasteiger partial charge in [0.25, 0.3) is 5.91 Å². The van der Waals surface area contributed by atoms with E-state index in [-0.39, 0.29) is 5.91 Å². The van der Waals surface area contributed by atoms with Gasteiger partial charge in [-0.1, -0.05) is 59.8 Å². The Kier molecular flexibility index (Phi) is 5.86. The first-order valence-corrected chi connectivity index (χ1v) is 10.6. The van der Waals surface area contributed by atoms with Crippen molar-refractivity contribution in [2.24, 2.45) is 4.99 Å². The van der Waals surface area contributed by atoms with Crippen LogP contribution in [0.2, 0.25) is 5.02 Å². The summed E-state index contributed by atoms with van der Waals surface area (Å²) in [6.45, 7) is 0. The van der Waals surface area contributed by atoms with E-state index in [9.17, 15) is 4.79 Å². The lowest BCUT2D eigenvalue weighted by atomic mass is 10.2. The zero-order valence-electron chi connectivity index (χ0n) is 14.6. The summed E-state index contributed by atoms with van der Waals surface area (Å²) in [5, 5.41) is 4.13. The van der Waals surface area contributed by atoms with E-state index in [1.807, 2.05) is 84.9 Å². The number of hydrogen-bond donors (Lipinski definition) is 1. The van der Waals surface area contributed by atoms with Gasteiger partial charge in [0, 0.05) is 14.8 Å². The molecule has 0 atom stereocenters. The molecule has 138 valence electrons. The number of halogens is 1. The zero-order valence-corrected chi connectivity index (χ0v) is 17.0. The van der Waals surface area contributed by atoms with E-state index in [2.05, 4.69) is 10.3 Å². The van der Waals surface area contributed by atoms with Gasteiger partial charge in [0.2, 0.25) is 0 Å². The number of nitrogens with one attached hydrogen (secondary N) is 1. The lowest BCUT2D eigenvalue weighted by Gasteiger charge is -2.06. The predicted octanol–water partition coefficient (Wildman–Crippen LogP) is 6.38. The average molecular weight is 423 g/mol. The highest BCUT2D eigenvalue weighted by Crippen LogP contribution is 2.34. The van der Waals surface area contributed by atoms with Crippen molar-refractivity contribution in [1.82, 2.24) is 5.32 Å². The van der Waals surface area contributed by atoms with E-state index in [1.54, 1.807) is 11.8 Å². The van der Waals surface area contributed by atoms with E-state index >= 15 is 0 Å². The van der Waals surface area contributed by atoms with Crippen LogP contribution < -0.4 is 5.32 Å². The third-order valence-electron chi connectivity index (χ3n) is 3.88. The molecule has 0 bridgehead atoms. The second-order valence-corrected chi connectivity index (χ2v) is 8.49. The number of carbonyl (C=O) groups is 1. The molecule has 0 unspecified atom stereocenters. The van der Waals surface area contributed by atoms with E-state index in [1.165, 1.54) is 11.8 Å². The van der Waals surface area contributed by atoms with Gasteiger partial charge in [-0.3, -0.25) is 4.79 Å². The van der Waals surface area contributed by atoms with Crippen molar-refractivity contribution in [2.45, 2.75) is 9.79 Å². The number of carbonyl (C=O) groups excluding carboxylic acids is 1. The summed E-state index contributed by atoms with van der Waals surface area (Å²) in [7, 11) is 0. The third-order valence-corrected chi connectivity index (χ3v) is 6.15. The first kappa shape index (κ1) is 18.9. The molecule has 1 N–H and O–H groups in total. The summed E-state index contributed by atoms with van der Waals surface area (Å²) < 4.78 is 0. The van der Waals surface area contributed by atoms with Gasteiger partial charge in [-0.05, 0) is 65.9 Å². The quantitative estimate of drug-likeness (QED) is 0.496. The van der Waals surface area contributed by atoms with Crippen LogP contribution in [0.4, 0.5) is 5.69 Å². The van der Waals surface area contributed by atoms with Crippen LogP contribution in [0.1, 0.15) is 5.56 Å². The van der Waals surface area contributed by atoms with Crippen LogP contribution in [0.3, 0.4) is 0 Å². The molecule has 0 spiro atoms. The fraction of sp³-hybridized carbons (Fsp3) is 0. The number of para-hydroxylation sites is 1. The van der Waals surface area contributed by atoms with E-state index in [4.69, 9.17) is 11.6 Å². The largest absolute Gasteiger partial charge is 0.300 e. The summed E-state index contributed by atoms with van der Waals surface area (Å²) in [4.78, 5) is 19.7. The van der Waals surface area contributed by atoms with Crippen LogP contribution in [0.25, 0.3) is 6.08 Å². The van der Waals surface area contributed by atoms with Crippen molar-refractivity contribution in [2.75, 3.05) is 0 Å². The molecule has 0 aromatic heterocycles. The molecule has 6 heteroatoms. The van der Waals surface area contributed by atoms with Crippen LogP contribution in [-0.2, 0) is 4.79 Å². The van der Waals surface area contributed by atoms with Crippen molar-refractivity contribution >= 4 is 58.0 Å². The highest BCUT2D eigenvalue weighted by molar-refractivity contribution is 8.18. The molecule has 3 aromatic rings. The van der Waals surface area contributed by atoms with Crippen LogP contribution in [0.15, 0.2) is 98.6 Å². The Morgan fingerprint density at radius 3 is 2.43 bits per heavy atom. The minimum atomic E-state index is -0.133. The van der Waals surface area contributed by atoms with E-state index < -0.39 is 0 Å². The fourth-order valence-corrected chi connectivity index (χ4v) is 4.44. The van der Waals surface area contributed by atoms with Crippen molar-refractivity contribution < 1.29 is 4.79 Å². The third kappa shape index (κ3) is 4.68. The van der Waals surface area contributed by atoms with Crippen molar-refractivity contribution in [3.63, 3.8) is 0 Å². The molecule has 3 nitrogen and oxygen atoms in total. The maximum absolute atomic E-state index is 12.4. The summed E-state index contributed by atoms with van der Waals surface area (Å²) >= 11 is 8.96. The summed E-state index contributed by atoms with van der Waals surface area (Å²) in [5.74, 6) is -0.133. The molecule has 1 saturated heterocycles. The number of rotatable bonds is 4. The molecule has 1 fully saturated rings. The van der Waals surface area contributed by atoms with Crippen molar-refractivity contribution in [3.8, 4) is 0 Å². The first-order chi connectivity index (χ1) is 13.7. The maximum Gasteiger partial charge on any atom is 0.264 e. The van der Waals surface area contributed by atoms with Gasteiger partial charge >= 0.3 is 0 Å². The van der Waals surface area contributed by atoms with Crippen LogP contribution in [0, 0.1) is 0 Å². The predicted molar refractivity (Wildman–Crippen MR) is 119 cm³/mol. The Morgan fingerprint density at radius 2 is 1.64 bits per heavy atom. The molecular weight excluding hydrogens is 408 g/mol. The second-order valence-electron chi connectivity index (χ2n) is 5.91. The minimum absolute atomic E-state index is 0.133. The molecule has 28 heavy (non-hydrogen) atoms. The molecule has 3 aromatic carbocycles.